The van der Waals surface area contributed by atoms with E-state index in [4.69, 9.17) is 0 Å². The highest BCUT2D eigenvalue weighted by Gasteiger charge is 2.15. The quantitative estimate of drug-likeness (QED) is 0.618. The molecule has 0 spiro atoms. The Hall–Kier alpha value is -0.0800. The zero-order valence-electron chi connectivity index (χ0n) is 8.71. The third-order valence-electron chi connectivity index (χ3n) is 2.97. The summed E-state index contributed by atoms with van der Waals surface area (Å²) in [5.41, 5.74) is 0. The zero-order valence-corrected chi connectivity index (χ0v) is 8.71. The first-order chi connectivity index (χ1) is 5.74. The second-order valence-electron chi connectivity index (χ2n) is 3.95. The van der Waals surface area contributed by atoms with Crippen LogP contribution in [0.5, 0.6) is 0 Å². The summed E-state index contributed by atoms with van der Waals surface area (Å²) >= 11 is 0. The van der Waals surface area contributed by atoms with Crippen LogP contribution in [-0.4, -0.2) is 49.1 Å². The monoisotopic (exact) mass is 170 g/mol. The molecule has 1 fully saturated rings. The second kappa shape index (κ2) is 4.83. The van der Waals surface area contributed by atoms with E-state index in [0.717, 1.165) is 6.04 Å². The van der Waals surface area contributed by atoms with E-state index >= 15 is 0 Å². The summed E-state index contributed by atoms with van der Waals surface area (Å²) < 4.78 is 0. The van der Waals surface area contributed by atoms with E-state index in [1.165, 1.54) is 39.0 Å². The van der Waals surface area contributed by atoms with E-state index in [9.17, 15) is 0 Å². The summed E-state index contributed by atoms with van der Waals surface area (Å²) in [6.45, 7) is 9.67. The van der Waals surface area contributed by atoms with E-state index in [1.807, 2.05) is 0 Å². The van der Waals surface area contributed by atoms with Gasteiger partial charge >= 0.3 is 0 Å². The Morgan fingerprint density at radius 2 is 1.92 bits per heavy atom. The van der Waals surface area contributed by atoms with Gasteiger partial charge in [0.2, 0.25) is 0 Å². The first kappa shape index (κ1) is 10.0. The van der Waals surface area contributed by atoms with Crippen molar-refractivity contribution in [2.45, 2.75) is 32.7 Å². The Bertz CT molecular complexity index is 125. The Labute approximate surface area is 76.5 Å². The number of likely N-dealkylation sites (N-methyl/N-ethyl adjacent to an activating group) is 1. The molecule has 0 aliphatic carbocycles. The molecular formula is C10H22N2. The average molecular weight is 170 g/mol. The smallest absolute Gasteiger partial charge is 0.0112 e. The van der Waals surface area contributed by atoms with Crippen molar-refractivity contribution in [2.75, 3.05) is 33.2 Å². The van der Waals surface area contributed by atoms with Crippen LogP contribution in [0.2, 0.25) is 0 Å². The molecule has 0 aromatic carbocycles. The standard InChI is InChI=1S/C10H22N2/c1-4-10(2)12-7-5-6-11(3)8-9-12/h10H,4-9H2,1-3H3. The van der Waals surface area contributed by atoms with Gasteiger partial charge in [-0.2, -0.15) is 0 Å². The summed E-state index contributed by atoms with van der Waals surface area (Å²) in [5, 5.41) is 0. The number of nitrogens with zero attached hydrogens (tertiary/aromatic N) is 2. The van der Waals surface area contributed by atoms with Gasteiger partial charge in [0.05, 0.1) is 0 Å². The van der Waals surface area contributed by atoms with Crippen LogP contribution in [0.4, 0.5) is 0 Å². The van der Waals surface area contributed by atoms with Crippen molar-refractivity contribution in [2.24, 2.45) is 0 Å². The minimum absolute atomic E-state index is 0.775. The molecule has 1 aliphatic heterocycles. The molecule has 0 N–H and O–H groups in total. The number of hydrogen-bond donors (Lipinski definition) is 0. The maximum absolute atomic E-state index is 2.61. The van der Waals surface area contributed by atoms with Crippen molar-refractivity contribution in [1.29, 1.82) is 0 Å². The average Bonchev–Trinajstić information content (AvgIpc) is 2.29. The molecule has 12 heavy (non-hydrogen) atoms. The highest BCUT2D eigenvalue weighted by atomic mass is 15.2. The fourth-order valence-electron chi connectivity index (χ4n) is 1.77. The van der Waals surface area contributed by atoms with Gasteiger partial charge in [-0.05, 0) is 39.9 Å². The van der Waals surface area contributed by atoms with E-state index in [1.54, 1.807) is 0 Å². The maximum Gasteiger partial charge on any atom is 0.0112 e. The van der Waals surface area contributed by atoms with E-state index in [0.29, 0.717) is 0 Å². The van der Waals surface area contributed by atoms with Crippen molar-refractivity contribution >= 4 is 0 Å². The van der Waals surface area contributed by atoms with Crippen molar-refractivity contribution in [3.63, 3.8) is 0 Å². The van der Waals surface area contributed by atoms with Crippen molar-refractivity contribution in [3.05, 3.63) is 0 Å². The van der Waals surface area contributed by atoms with Gasteiger partial charge in [-0.25, -0.2) is 0 Å². The highest BCUT2D eigenvalue weighted by Crippen LogP contribution is 2.07. The molecule has 0 aromatic heterocycles. The summed E-state index contributed by atoms with van der Waals surface area (Å²) in [4.78, 5) is 5.05. The van der Waals surface area contributed by atoms with Crippen LogP contribution in [0, 0.1) is 0 Å². The van der Waals surface area contributed by atoms with Gasteiger partial charge in [0.25, 0.3) is 0 Å². The van der Waals surface area contributed by atoms with Crippen LogP contribution in [0.15, 0.2) is 0 Å². The minimum Gasteiger partial charge on any atom is -0.305 e. The molecule has 1 aliphatic rings. The highest BCUT2D eigenvalue weighted by molar-refractivity contribution is 4.71. The Morgan fingerprint density at radius 1 is 1.17 bits per heavy atom. The molecule has 1 rings (SSSR count). The topological polar surface area (TPSA) is 6.48 Å². The lowest BCUT2D eigenvalue weighted by Crippen LogP contribution is -2.35. The lowest BCUT2D eigenvalue weighted by atomic mass is 10.2. The molecule has 0 saturated carbocycles. The van der Waals surface area contributed by atoms with Gasteiger partial charge in [-0.3, -0.25) is 4.90 Å². The van der Waals surface area contributed by atoms with E-state index in [-0.39, 0.29) is 0 Å². The first-order valence-electron chi connectivity index (χ1n) is 5.16. The minimum atomic E-state index is 0.775. The lowest BCUT2D eigenvalue weighted by Gasteiger charge is -2.26. The predicted octanol–water partition coefficient (Wildman–Crippen LogP) is 1.42. The van der Waals surface area contributed by atoms with Crippen LogP contribution >= 0.6 is 0 Å². The zero-order chi connectivity index (χ0) is 8.97. The SMILES string of the molecule is CCC(C)N1CCCN(C)CC1. The van der Waals surface area contributed by atoms with Gasteiger partial charge in [0.15, 0.2) is 0 Å². The normalized spacial score (nSPS) is 25.2. The Balaban J connectivity index is 2.35. The van der Waals surface area contributed by atoms with E-state index in [2.05, 4.69) is 30.7 Å². The summed E-state index contributed by atoms with van der Waals surface area (Å²) in [6.07, 6.45) is 2.62. The van der Waals surface area contributed by atoms with Gasteiger partial charge in [0.1, 0.15) is 0 Å². The van der Waals surface area contributed by atoms with Crippen molar-refractivity contribution < 1.29 is 0 Å². The number of rotatable bonds is 2. The summed E-state index contributed by atoms with van der Waals surface area (Å²) in [6, 6.07) is 0.775. The predicted molar refractivity (Wildman–Crippen MR) is 53.4 cm³/mol. The Kier molecular flexibility index (Phi) is 4.02. The molecule has 0 amide bonds. The molecule has 0 radical (unpaired) electrons. The van der Waals surface area contributed by atoms with Crippen LogP contribution in [0.3, 0.4) is 0 Å². The molecule has 0 bridgehead atoms. The van der Waals surface area contributed by atoms with Gasteiger partial charge in [-0.1, -0.05) is 6.92 Å². The van der Waals surface area contributed by atoms with E-state index < -0.39 is 0 Å². The van der Waals surface area contributed by atoms with Crippen LogP contribution in [-0.2, 0) is 0 Å². The fourth-order valence-corrected chi connectivity index (χ4v) is 1.77. The fraction of sp³-hybridized carbons (Fsp3) is 1.00. The van der Waals surface area contributed by atoms with Crippen molar-refractivity contribution in [1.82, 2.24) is 9.80 Å². The number of hydrogen-bond acceptors (Lipinski definition) is 2. The molecule has 1 saturated heterocycles. The molecular weight excluding hydrogens is 148 g/mol. The maximum atomic E-state index is 2.61. The lowest BCUT2D eigenvalue weighted by molar-refractivity contribution is 0.210. The van der Waals surface area contributed by atoms with Crippen molar-refractivity contribution in [3.8, 4) is 0 Å². The molecule has 1 heterocycles. The first-order valence-corrected chi connectivity index (χ1v) is 5.16. The molecule has 2 heteroatoms. The van der Waals surface area contributed by atoms with Crippen LogP contribution in [0.1, 0.15) is 26.7 Å². The largest absolute Gasteiger partial charge is 0.305 e. The second-order valence-corrected chi connectivity index (χ2v) is 3.95. The summed E-state index contributed by atoms with van der Waals surface area (Å²) in [7, 11) is 2.22. The van der Waals surface area contributed by atoms with Gasteiger partial charge in [0, 0.05) is 19.1 Å². The van der Waals surface area contributed by atoms with Gasteiger partial charge < -0.3 is 4.90 Å². The summed E-state index contributed by atoms with van der Waals surface area (Å²) in [5.74, 6) is 0. The third kappa shape index (κ3) is 2.76. The van der Waals surface area contributed by atoms with Crippen LogP contribution < -0.4 is 0 Å². The van der Waals surface area contributed by atoms with Gasteiger partial charge in [-0.15, -0.1) is 0 Å². The molecule has 2 nitrogen and oxygen atoms in total. The Morgan fingerprint density at radius 3 is 2.58 bits per heavy atom. The van der Waals surface area contributed by atoms with Crippen LogP contribution in [0.25, 0.3) is 0 Å². The molecule has 1 unspecified atom stereocenters. The third-order valence-corrected chi connectivity index (χ3v) is 2.97. The molecule has 72 valence electrons. The molecule has 0 aromatic rings. The molecule has 1 atom stereocenters.